The average Bonchev–Trinajstić information content (AvgIpc) is 3.07. The third-order valence-electron chi connectivity index (χ3n) is 6.35. The topological polar surface area (TPSA) is 82.6 Å². The Balaban J connectivity index is 2.35. The van der Waals surface area contributed by atoms with Crippen LogP contribution in [0.3, 0.4) is 0 Å². The summed E-state index contributed by atoms with van der Waals surface area (Å²) < 4.78 is 58.6. The van der Waals surface area contributed by atoms with Crippen LogP contribution in [0.1, 0.15) is 59.8 Å². The number of nitrogens with one attached hydrogen (secondary N) is 1. The Bertz CT molecular complexity index is 943. The van der Waals surface area contributed by atoms with E-state index in [-0.39, 0.29) is 19.6 Å². The minimum absolute atomic E-state index is 0.0211. The van der Waals surface area contributed by atoms with Crippen LogP contribution >= 0.6 is 0 Å². The second-order valence-corrected chi connectivity index (χ2v) is 14.7. The summed E-state index contributed by atoms with van der Waals surface area (Å²) in [5.41, 5.74) is -3.02. The highest BCUT2D eigenvalue weighted by molar-refractivity contribution is 6.77. The van der Waals surface area contributed by atoms with E-state index in [1.807, 2.05) is 0 Å². The van der Waals surface area contributed by atoms with E-state index < -0.39 is 49.7 Å². The number of halogens is 3. The van der Waals surface area contributed by atoms with E-state index in [1.165, 1.54) is 0 Å². The van der Waals surface area contributed by atoms with E-state index in [2.05, 4.69) is 47.5 Å². The van der Waals surface area contributed by atoms with Crippen LogP contribution in [0.5, 0.6) is 0 Å². The third kappa shape index (κ3) is 5.80. The van der Waals surface area contributed by atoms with Gasteiger partial charge in [-0.1, -0.05) is 47.5 Å². The molecule has 33 heavy (non-hydrogen) atoms. The molecule has 2 rings (SSSR count). The van der Waals surface area contributed by atoms with E-state index in [4.69, 9.17) is 20.3 Å². The van der Waals surface area contributed by atoms with E-state index in [1.54, 1.807) is 4.98 Å². The molecular formula is C22H33F3N2O5Si. The second kappa shape index (κ2) is 10.6. The molecule has 1 aliphatic rings. The fourth-order valence-electron chi connectivity index (χ4n) is 4.98. The normalized spacial score (nSPS) is 21.8. The van der Waals surface area contributed by atoms with Crippen LogP contribution in [-0.4, -0.2) is 43.3 Å². The SMILES string of the molecule is C#CCO[C@H]1C[C@H](n2cc(C(F)(F)F)c(=O)[nH]c2=O)O[C@@H]1CO[Si](C(C)C)(C(C)C)C(C)C. The summed E-state index contributed by atoms with van der Waals surface area (Å²) >= 11 is 0. The Morgan fingerprint density at radius 1 is 1.21 bits per heavy atom. The number of aromatic amines is 1. The van der Waals surface area contributed by atoms with Crippen molar-refractivity contribution in [2.75, 3.05) is 13.2 Å². The quantitative estimate of drug-likeness (QED) is 0.417. The predicted molar refractivity (Wildman–Crippen MR) is 120 cm³/mol. The van der Waals surface area contributed by atoms with Crippen LogP contribution in [0.25, 0.3) is 0 Å². The molecule has 0 saturated carbocycles. The minimum atomic E-state index is -4.92. The molecule has 11 heteroatoms. The number of aromatic nitrogens is 2. The maximum Gasteiger partial charge on any atom is 0.423 e. The van der Waals surface area contributed by atoms with Crippen molar-refractivity contribution in [3.63, 3.8) is 0 Å². The Hall–Kier alpha value is -1.87. The molecule has 0 amide bonds. The lowest BCUT2D eigenvalue weighted by Gasteiger charge is -2.43. The van der Waals surface area contributed by atoms with Crippen LogP contribution in [0, 0.1) is 12.3 Å². The number of ether oxygens (including phenoxy) is 2. The van der Waals surface area contributed by atoms with Crippen molar-refractivity contribution < 1.29 is 27.1 Å². The van der Waals surface area contributed by atoms with Crippen molar-refractivity contribution in [1.29, 1.82) is 0 Å². The van der Waals surface area contributed by atoms with Gasteiger partial charge in [0.1, 0.15) is 24.5 Å². The van der Waals surface area contributed by atoms with E-state index in [0.717, 1.165) is 4.57 Å². The van der Waals surface area contributed by atoms with Crippen LogP contribution < -0.4 is 11.2 Å². The van der Waals surface area contributed by atoms with Gasteiger partial charge in [-0.2, -0.15) is 13.2 Å². The molecule has 0 radical (unpaired) electrons. The zero-order valence-corrected chi connectivity index (χ0v) is 20.9. The molecule has 186 valence electrons. The summed E-state index contributed by atoms with van der Waals surface area (Å²) in [5.74, 6) is 2.37. The smallest absolute Gasteiger partial charge is 0.413 e. The van der Waals surface area contributed by atoms with Gasteiger partial charge in [-0.15, -0.1) is 6.42 Å². The molecule has 0 unspecified atom stereocenters. The molecule has 1 aliphatic heterocycles. The molecule has 3 atom stereocenters. The van der Waals surface area contributed by atoms with Gasteiger partial charge < -0.3 is 13.9 Å². The van der Waals surface area contributed by atoms with Crippen molar-refractivity contribution in [3.8, 4) is 12.3 Å². The number of alkyl halides is 3. The Labute approximate surface area is 192 Å². The third-order valence-corrected chi connectivity index (χ3v) is 12.4. The summed E-state index contributed by atoms with van der Waals surface area (Å²) in [6.45, 7) is 12.9. The van der Waals surface area contributed by atoms with Crippen LogP contribution in [0.2, 0.25) is 16.6 Å². The zero-order valence-electron chi connectivity index (χ0n) is 19.9. The lowest BCUT2D eigenvalue weighted by molar-refractivity contribution is -0.139. The first kappa shape index (κ1) is 27.4. The first-order valence-electron chi connectivity index (χ1n) is 11.0. The zero-order chi connectivity index (χ0) is 25.1. The van der Waals surface area contributed by atoms with Gasteiger partial charge in [0, 0.05) is 12.6 Å². The molecule has 1 aromatic rings. The maximum atomic E-state index is 13.2. The molecule has 0 aliphatic carbocycles. The predicted octanol–water partition coefficient (Wildman–Crippen LogP) is 4.05. The van der Waals surface area contributed by atoms with E-state index in [9.17, 15) is 22.8 Å². The van der Waals surface area contributed by atoms with Gasteiger partial charge >= 0.3 is 11.9 Å². The van der Waals surface area contributed by atoms with Gasteiger partial charge in [0.2, 0.25) is 0 Å². The first-order chi connectivity index (χ1) is 15.2. The van der Waals surface area contributed by atoms with Crippen molar-refractivity contribution in [2.24, 2.45) is 0 Å². The molecule has 1 N–H and O–H groups in total. The lowest BCUT2D eigenvalue weighted by atomic mass is 10.2. The minimum Gasteiger partial charge on any atom is -0.413 e. The number of hydrogen-bond donors (Lipinski definition) is 1. The fraction of sp³-hybridized carbons (Fsp3) is 0.727. The van der Waals surface area contributed by atoms with Crippen LogP contribution in [0.4, 0.5) is 13.2 Å². The average molecular weight is 491 g/mol. The van der Waals surface area contributed by atoms with Gasteiger partial charge in [0.25, 0.3) is 5.56 Å². The standard InChI is InChI=1S/C22H33F3N2O5Si/c1-8-9-30-17-10-19(27-11-16(22(23,24)25)20(28)26-21(27)29)32-18(17)12-31-33(13(2)3,14(4)5)15(6)7/h1,11,13-15,17-19H,9-10,12H2,2-7H3,(H,26,28,29)/t17-,18+,19+/m0/s1. The summed E-state index contributed by atoms with van der Waals surface area (Å²) in [7, 11) is -2.25. The Kier molecular flexibility index (Phi) is 8.78. The summed E-state index contributed by atoms with van der Waals surface area (Å²) in [5, 5.41) is 0. The fourth-order valence-corrected chi connectivity index (χ4v) is 10.4. The van der Waals surface area contributed by atoms with Crippen molar-refractivity contribution >= 4 is 8.32 Å². The molecule has 7 nitrogen and oxygen atoms in total. The highest BCUT2D eigenvalue weighted by atomic mass is 28.4. The second-order valence-electron chi connectivity index (χ2n) is 9.25. The molecular weight excluding hydrogens is 457 g/mol. The van der Waals surface area contributed by atoms with Gasteiger partial charge in [-0.3, -0.25) is 14.3 Å². The molecule has 2 heterocycles. The first-order valence-corrected chi connectivity index (χ1v) is 13.2. The Morgan fingerprint density at radius 2 is 1.79 bits per heavy atom. The molecule has 1 aromatic heterocycles. The maximum absolute atomic E-state index is 13.2. The number of rotatable bonds is 9. The summed E-state index contributed by atoms with van der Waals surface area (Å²) in [6, 6.07) is 0. The number of hydrogen-bond acceptors (Lipinski definition) is 5. The van der Waals surface area contributed by atoms with Gasteiger partial charge in [0.15, 0.2) is 8.32 Å². The highest BCUT2D eigenvalue weighted by Gasteiger charge is 2.47. The lowest BCUT2D eigenvalue weighted by Crippen LogP contribution is -2.50. The highest BCUT2D eigenvalue weighted by Crippen LogP contribution is 2.43. The molecule has 0 aromatic carbocycles. The number of terminal acetylenes is 1. The van der Waals surface area contributed by atoms with Gasteiger partial charge in [-0.05, 0) is 16.6 Å². The molecule has 1 fully saturated rings. The molecule has 0 spiro atoms. The van der Waals surface area contributed by atoms with Crippen LogP contribution in [-0.2, 0) is 20.1 Å². The van der Waals surface area contributed by atoms with Crippen LogP contribution in [0.15, 0.2) is 15.8 Å². The van der Waals surface area contributed by atoms with Crippen molar-refractivity contribution in [3.05, 3.63) is 32.6 Å². The summed E-state index contributed by atoms with van der Waals surface area (Å²) in [4.78, 5) is 25.6. The summed E-state index contributed by atoms with van der Waals surface area (Å²) in [6.07, 6.45) is -1.33. The Morgan fingerprint density at radius 3 is 2.27 bits per heavy atom. The van der Waals surface area contributed by atoms with Gasteiger partial charge in [0.05, 0.1) is 12.7 Å². The largest absolute Gasteiger partial charge is 0.423 e. The number of H-pyrrole nitrogens is 1. The van der Waals surface area contributed by atoms with E-state index >= 15 is 0 Å². The van der Waals surface area contributed by atoms with E-state index in [0.29, 0.717) is 22.8 Å². The molecule has 0 bridgehead atoms. The van der Waals surface area contributed by atoms with Crippen molar-refractivity contribution in [1.82, 2.24) is 9.55 Å². The van der Waals surface area contributed by atoms with Gasteiger partial charge in [-0.25, -0.2) is 4.79 Å². The number of nitrogens with zero attached hydrogens (tertiary/aromatic N) is 1. The monoisotopic (exact) mass is 490 g/mol. The molecule has 1 saturated heterocycles. The van der Waals surface area contributed by atoms with Crippen molar-refractivity contribution in [2.45, 2.75) is 89.2 Å².